The van der Waals surface area contributed by atoms with Crippen LogP contribution in [0.5, 0.6) is 5.75 Å². The molecule has 5 rings (SSSR count). The van der Waals surface area contributed by atoms with Gasteiger partial charge >= 0.3 is 0 Å². The largest absolute Gasteiger partial charge is 0.492 e. The van der Waals surface area contributed by atoms with Crippen LogP contribution in [0.25, 0.3) is 0 Å². The molecule has 1 atom stereocenters. The third kappa shape index (κ3) is 4.35. The van der Waals surface area contributed by atoms with Crippen LogP contribution >= 0.6 is 0 Å². The number of nitrogens with one attached hydrogen (secondary N) is 1. The van der Waals surface area contributed by atoms with Gasteiger partial charge in [-0.25, -0.2) is 0 Å². The number of hydrogen-bond donors (Lipinski definition) is 1. The van der Waals surface area contributed by atoms with Crippen LogP contribution in [0.4, 0.5) is 5.69 Å². The molecule has 2 aliphatic rings. The highest BCUT2D eigenvalue weighted by atomic mass is 16.5. The van der Waals surface area contributed by atoms with Crippen LogP contribution in [0.3, 0.4) is 0 Å². The van der Waals surface area contributed by atoms with Crippen LogP contribution in [0.2, 0.25) is 0 Å². The maximum Gasteiger partial charge on any atom is 0.244 e. The second-order valence-corrected chi connectivity index (χ2v) is 10.4. The Morgan fingerprint density at radius 3 is 2.40 bits per heavy atom. The summed E-state index contributed by atoms with van der Waals surface area (Å²) < 4.78 is 11.9. The lowest BCUT2D eigenvalue weighted by Crippen LogP contribution is -2.39. The number of carbonyl (C=O) groups is 1. The summed E-state index contributed by atoms with van der Waals surface area (Å²) in [5, 5.41) is 3.16. The number of rotatable bonds is 6. The molecule has 0 spiro atoms. The number of hydrogen-bond acceptors (Lipinski definition) is 4. The van der Waals surface area contributed by atoms with Gasteiger partial charge in [0, 0.05) is 36.4 Å². The van der Waals surface area contributed by atoms with Crippen molar-refractivity contribution < 1.29 is 14.3 Å². The van der Waals surface area contributed by atoms with Gasteiger partial charge in [-0.2, -0.15) is 0 Å². The quantitative estimate of drug-likeness (QED) is 0.552. The number of carbonyl (C=O) groups excluding carboxylic acids is 1. The fourth-order valence-electron chi connectivity index (χ4n) is 5.18. The maximum atomic E-state index is 14.0. The number of benzene rings is 3. The van der Waals surface area contributed by atoms with Gasteiger partial charge in [0.05, 0.1) is 13.2 Å². The molecule has 0 bridgehead atoms. The molecule has 1 unspecified atom stereocenters. The average Bonchev–Trinajstić information content (AvgIpc) is 3.17. The highest BCUT2D eigenvalue weighted by Crippen LogP contribution is 2.51. The van der Waals surface area contributed by atoms with Crippen molar-refractivity contribution in [2.75, 3.05) is 44.8 Å². The number of ether oxygens (including phenoxy) is 2. The monoisotopic (exact) mass is 470 g/mol. The molecule has 0 aliphatic carbocycles. The Kier molecular flexibility index (Phi) is 6.39. The van der Waals surface area contributed by atoms with Gasteiger partial charge < -0.3 is 14.8 Å². The molecule has 35 heavy (non-hydrogen) atoms. The molecule has 5 heteroatoms. The minimum atomic E-state index is -0.993. The van der Waals surface area contributed by atoms with E-state index in [1.54, 1.807) is 0 Å². The summed E-state index contributed by atoms with van der Waals surface area (Å²) in [6.45, 7) is 11.3. The number of nitrogens with zero attached hydrogens (tertiary/aromatic N) is 1. The summed E-state index contributed by atoms with van der Waals surface area (Å²) in [6, 6.07) is 24.4. The molecule has 2 heterocycles. The van der Waals surface area contributed by atoms with Crippen LogP contribution in [0.15, 0.2) is 72.8 Å². The molecule has 1 saturated heterocycles. The summed E-state index contributed by atoms with van der Waals surface area (Å²) in [5.41, 5.74) is 3.73. The van der Waals surface area contributed by atoms with Gasteiger partial charge in [0.15, 0.2) is 0 Å². The van der Waals surface area contributed by atoms with Crippen LogP contribution in [0.1, 0.15) is 43.0 Å². The van der Waals surface area contributed by atoms with Crippen molar-refractivity contribution >= 4 is 11.6 Å². The zero-order valence-corrected chi connectivity index (χ0v) is 20.8. The lowest BCUT2D eigenvalue weighted by Gasteiger charge is -2.33. The van der Waals surface area contributed by atoms with E-state index in [1.165, 1.54) is 5.56 Å². The predicted molar refractivity (Wildman–Crippen MR) is 139 cm³/mol. The number of amides is 1. The van der Waals surface area contributed by atoms with Crippen molar-refractivity contribution in [3.63, 3.8) is 0 Å². The number of para-hydroxylation sites is 1. The molecule has 3 aromatic carbocycles. The molecule has 182 valence electrons. The molecule has 1 N–H and O–H groups in total. The van der Waals surface area contributed by atoms with Gasteiger partial charge in [-0.05, 0) is 34.7 Å². The molecule has 3 aromatic rings. The van der Waals surface area contributed by atoms with E-state index in [9.17, 15) is 4.79 Å². The zero-order chi connectivity index (χ0) is 24.5. The molecule has 0 aromatic heterocycles. The number of morpholine rings is 1. The maximum absolute atomic E-state index is 14.0. The smallest absolute Gasteiger partial charge is 0.244 e. The standard InChI is InChI=1S/C30H34N2O3/c1-29(2,3)23-13-14-27(35-20-17-32-15-18-34-19-16-32)25(21-23)30(22-9-5-4-6-10-22)24-11-7-8-12-26(24)31-28(30)33/h4-14,21H,15-20H2,1-3H3,(H,31,33). The van der Waals surface area contributed by atoms with Gasteiger partial charge in [-0.1, -0.05) is 75.4 Å². The molecular weight excluding hydrogens is 436 g/mol. The van der Waals surface area contributed by atoms with Crippen molar-refractivity contribution in [3.8, 4) is 5.75 Å². The molecule has 0 radical (unpaired) electrons. The normalized spacial score (nSPS) is 20.4. The highest BCUT2D eigenvalue weighted by Gasteiger charge is 2.51. The van der Waals surface area contributed by atoms with Crippen molar-refractivity contribution in [3.05, 3.63) is 95.1 Å². The van der Waals surface area contributed by atoms with E-state index in [2.05, 4.69) is 49.2 Å². The Labute approximate surface area is 208 Å². The van der Waals surface area contributed by atoms with Gasteiger partial charge in [0.2, 0.25) is 5.91 Å². The summed E-state index contributed by atoms with van der Waals surface area (Å²) in [4.78, 5) is 16.4. The molecule has 0 saturated carbocycles. The summed E-state index contributed by atoms with van der Waals surface area (Å²) >= 11 is 0. The summed E-state index contributed by atoms with van der Waals surface area (Å²) in [5.74, 6) is 0.705. The first-order valence-electron chi connectivity index (χ1n) is 12.4. The minimum Gasteiger partial charge on any atom is -0.492 e. The minimum absolute atomic E-state index is 0.0472. The van der Waals surface area contributed by atoms with E-state index in [-0.39, 0.29) is 11.3 Å². The van der Waals surface area contributed by atoms with Crippen LogP contribution in [-0.2, 0) is 20.4 Å². The third-order valence-electron chi connectivity index (χ3n) is 7.15. The van der Waals surface area contributed by atoms with E-state index >= 15 is 0 Å². The van der Waals surface area contributed by atoms with Crippen molar-refractivity contribution in [1.29, 1.82) is 0 Å². The van der Waals surface area contributed by atoms with Crippen molar-refractivity contribution in [2.45, 2.75) is 31.6 Å². The molecule has 2 aliphatic heterocycles. The first-order chi connectivity index (χ1) is 16.9. The fourth-order valence-corrected chi connectivity index (χ4v) is 5.18. The number of fused-ring (bicyclic) bond motifs is 1. The molecule has 1 amide bonds. The first kappa shape index (κ1) is 23.6. The van der Waals surface area contributed by atoms with Crippen LogP contribution in [-0.4, -0.2) is 50.3 Å². The Morgan fingerprint density at radius 2 is 1.66 bits per heavy atom. The molecule has 5 nitrogen and oxygen atoms in total. The van der Waals surface area contributed by atoms with E-state index in [0.29, 0.717) is 6.61 Å². The highest BCUT2D eigenvalue weighted by molar-refractivity contribution is 6.11. The molecule has 1 fully saturated rings. The second kappa shape index (κ2) is 9.48. The van der Waals surface area contributed by atoms with Gasteiger partial charge in [0.1, 0.15) is 17.8 Å². The Morgan fingerprint density at radius 1 is 0.943 bits per heavy atom. The second-order valence-electron chi connectivity index (χ2n) is 10.4. The van der Waals surface area contributed by atoms with Crippen LogP contribution in [0, 0.1) is 0 Å². The lowest BCUT2D eigenvalue weighted by atomic mass is 9.68. The first-order valence-corrected chi connectivity index (χ1v) is 12.4. The average molecular weight is 471 g/mol. The topological polar surface area (TPSA) is 50.8 Å². The SMILES string of the molecule is CC(C)(C)c1ccc(OCCN2CCOCC2)c(C2(c3ccccc3)C(=O)Nc3ccccc32)c1. The summed E-state index contributed by atoms with van der Waals surface area (Å²) in [6.07, 6.45) is 0. The van der Waals surface area contributed by atoms with Crippen LogP contribution < -0.4 is 10.1 Å². The van der Waals surface area contributed by atoms with E-state index in [4.69, 9.17) is 9.47 Å². The Bertz CT molecular complexity index is 1200. The Balaban J connectivity index is 1.64. The fraction of sp³-hybridized carbons (Fsp3) is 0.367. The summed E-state index contributed by atoms with van der Waals surface area (Å²) in [7, 11) is 0. The van der Waals surface area contributed by atoms with Gasteiger partial charge in [-0.15, -0.1) is 0 Å². The number of anilines is 1. The zero-order valence-electron chi connectivity index (χ0n) is 20.8. The van der Waals surface area contributed by atoms with Crippen molar-refractivity contribution in [2.24, 2.45) is 0 Å². The lowest BCUT2D eigenvalue weighted by molar-refractivity contribution is -0.118. The van der Waals surface area contributed by atoms with Crippen molar-refractivity contribution in [1.82, 2.24) is 4.90 Å². The van der Waals surface area contributed by atoms with E-state index < -0.39 is 5.41 Å². The molecular formula is C30H34N2O3. The van der Waals surface area contributed by atoms with E-state index in [0.717, 1.165) is 61.0 Å². The Hall–Kier alpha value is -3.15. The van der Waals surface area contributed by atoms with Gasteiger partial charge in [-0.3, -0.25) is 9.69 Å². The van der Waals surface area contributed by atoms with E-state index in [1.807, 2.05) is 54.6 Å². The predicted octanol–water partition coefficient (Wildman–Crippen LogP) is 4.98. The van der Waals surface area contributed by atoms with Gasteiger partial charge in [0.25, 0.3) is 0 Å². The third-order valence-corrected chi connectivity index (χ3v) is 7.15.